The summed E-state index contributed by atoms with van der Waals surface area (Å²) in [6.07, 6.45) is 0.0665. The lowest BCUT2D eigenvalue weighted by Gasteiger charge is -2.10. The SMILES string of the molecule is Cc1ccc(C)c(OCCC(=O)OCC(=O)Nc2ccc(C)c(Cl)c2)c1. The van der Waals surface area contributed by atoms with Gasteiger partial charge in [-0.1, -0.05) is 29.8 Å². The number of amides is 1. The van der Waals surface area contributed by atoms with Crippen LogP contribution in [-0.4, -0.2) is 25.1 Å². The Morgan fingerprint density at radius 2 is 1.77 bits per heavy atom. The lowest BCUT2D eigenvalue weighted by molar-refractivity contribution is -0.147. The molecule has 0 aliphatic carbocycles. The van der Waals surface area contributed by atoms with E-state index in [2.05, 4.69) is 5.32 Å². The van der Waals surface area contributed by atoms with Crippen LogP contribution in [0.3, 0.4) is 0 Å². The molecule has 0 spiro atoms. The molecule has 0 saturated heterocycles. The Balaban J connectivity index is 1.71. The van der Waals surface area contributed by atoms with Crippen molar-refractivity contribution in [2.24, 2.45) is 0 Å². The van der Waals surface area contributed by atoms with Crippen LogP contribution in [0.2, 0.25) is 5.02 Å². The molecule has 0 aliphatic heterocycles. The molecule has 138 valence electrons. The van der Waals surface area contributed by atoms with E-state index in [0.29, 0.717) is 10.7 Å². The number of rotatable bonds is 7. The molecule has 2 aromatic rings. The fraction of sp³-hybridized carbons (Fsp3) is 0.300. The molecular formula is C20H22ClNO4. The monoisotopic (exact) mass is 375 g/mol. The van der Waals surface area contributed by atoms with E-state index in [9.17, 15) is 9.59 Å². The van der Waals surface area contributed by atoms with Crippen LogP contribution in [0.4, 0.5) is 5.69 Å². The normalized spacial score (nSPS) is 10.3. The molecule has 0 heterocycles. The van der Waals surface area contributed by atoms with Gasteiger partial charge in [0.1, 0.15) is 5.75 Å². The van der Waals surface area contributed by atoms with E-state index in [-0.39, 0.29) is 19.6 Å². The van der Waals surface area contributed by atoms with Gasteiger partial charge in [-0.15, -0.1) is 0 Å². The van der Waals surface area contributed by atoms with E-state index >= 15 is 0 Å². The van der Waals surface area contributed by atoms with Crippen molar-refractivity contribution in [2.45, 2.75) is 27.2 Å². The maximum absolute atomic E-state index is 11.8. The van der Waals surface area contributed by atoms with Gasteiger partial charge >= 0.3 is 5.97 Å². The van der Waals surface area contributed by atoms with Gasteiger partial charge in [0, 0.05) is 10.7 Å². The zero-order valence-electron chi connectivity index (χ0n) is 15.1. The first-order valence-electron chi connectivity index (χ1n) is 8.27. The second kappa shape index (κ2) is 9.25. The standard InChI is InChI=1S/C20H22ClNO4/c1-13-4-5-15(3)18(10-13)25-9-8-20(24)26-12-19(23)22-16-7-6-14(2)17(21)11-16/h4-7,10-11H,8-9,12H2,1-3H3,(H,22,23). The maximum Gasteiger partial charge on any atom is 0.309 e. The molecule has 1 amide bonds. The van der Waals surface area contributed by atoms with Gasteiger partial charge in [0.05, 0.1) is 13.0 Å². The van der Waals surface area contributed by atoms with Crippen LogP contribution in [0.25, 0.3) is 0 Å². The number of benzene rings is 2. The number of carbonyl (C=O) groups excluding carboxylic acids is 2. The van der Waals surface area contributed by atoms with E-state index in [1.54, 1.807) is 18.2 Å². The highest BCUT2D eigenvalue weighted by atomic mass is 35.5. The Morgan fingerprint density at radius 3 is 2.50 bits per heavy atom. The summed E-state index contributed by atoms with van der Waals surface area (Å²) in [6.45, 7) is 5.62. The van der Waals surface area contributed by atoms with Crippen LogP contribution < -0.4 is 10.1 Å². The van der Waals surface area contributed by atoms with Crippen molar-refractivity contribution < 1.29 is 19.1 Å². The van der Waals surface area contributed by atoms with Crippen LogP contribution in [-0.2, 0) is 14.3 Å². The summed E-state index contributed by atoms with van der Waals surface area (Å²) in [6, 6.07) is 11.1. The predicted molar refractivity (Wildman–Crippen MR) is 102 cm³/mol. The Hall–Kier alpha value is -2.53. The number of esters is 1. The van der Waals surface area contributed by atoms with Crippen molar-refractivity contribution in [1.82, 2.24) is 0 Å². The molecule has 26 heavy (non-hydrogen) atoms. The second-order valence-electron chi connectivity index (χ2n) is 6.04. The van der Waals surface area contributed by atoms with Gasteiger partial charge in [-0.2, -0.15) is 0 Å². The van der Waals surface area contributed by atoms with Crippen LogP contribution in [0.1, 0.15) is 23.1 Å². The van der Waals surface area contributed by atoms with Gasteiger partial charge in [0.25, 0.3) is 5.91 Å². The maximum atomic E-state index is 11.8. The smallest absolute Gasteiger partial charge is 0.309 e. The number of halogens is 1. The number of anilines is 1. The van der Waals surface area contributed by atoms with E-state index in [1.165, 1.54) is 0 Å². The largest absolute Gasteiger partial charge is 0.493 e. The summed E-state index contributed by atoms with van der Waals surface area (Å²) in [5.74, 6) is -0.173. The highest BCUT2D eigenvalue weighted by Crippen LogP contribution is 2.20. The van der Waals surface area contributed by atoms with Gasteiger partial charge in [-0.25, -0.2) is 0 Å². The van der Waals surface area contributed by atoms with Crippen molar-refractivity contribution in [3.8, 4) is 5.75 Å². The van der Waals surface area contributed by atoms with Gasteiger partial charge < -0.3 is 14.8 Å². The van der Waals surface area contributed by atoms with Crippen LogP contribution >= 0.6 is 11.6 Å². The fourth-order valence-electron chi connectivity index (χ4n) is 2.19. The summed E-state index contributed by atoms with van der Waals surface area (Å²) >= 11 is 6.00. The molecule has 0 saturated carbocycles. The zero-order valence-corrected chi connectivity index (χ0v) is 15.9. The predicted octanol–water partition coefficient (Wildman–Crippen LogP) is 4.22. The zero-order chi connectivity index (χ0) is 19.1. The van der Waals surface area contributed by atoms with Crippen LogP contribution in [0.5, 0.6) is 5.75 Å². The number of ether oxygens (including phenoxy) is 2. The first kappa shape index (κ1) is 19.8. The molecule has 5 nitrogen and oxygen atoms in total. The fourth-order valence-corrected chi connectivity index (χ4v) is 2.37. The van der Waals surface area contributed by atoms with Gasteiger partial charge in [0.15, 0.2) is 6.61 Å². The molecule has 2 rings (SSSR count). The Morgan fingerprint density at radius 1 is 1.04 bits per heavy atom. The molecule has 2 aromatic carbocycles. The highest BCUT2D eigenvalue weighted by Gasteiger charge is 2.09. The Labute approximate surface area is 158 Å². The number of nitrogens with one attached hydrogen (secondary N) is 1. The second-order valence-corrected chi connectivity index (χ2v) is 6.45. The molecule has 0 bridgehead atoms. The van der Waals surface area contributed by atoms with E-state index in [0.717, 1.165) is 22.4 Å². The summed E-state index contributed by atoms with van der Waals surface area (Å²) in [5.41, 5.74) is 3.56. The van der Waals surface area contributed by atoms with E-state index in [1.807, 2.05) is 39.0 Å². The molecular weight excluding hydrogens is 354 g/mol. The summed E-state index contributed by atoms with van der Waals surface area (Å²) in [4.78, 5) is 23.6. The third-order valence-corrected chi connectivity index (χ3v) is 4.13. The third-order valence-electron chi connectivity index (χ3n) is 3.73. The molecule has 0 aromatic heterocycles. The molecule has 0 fully saturated rings. The first-order valence-corrected chi connectivity index (χ1v) is 8.64. The third kappa shape index (κ3) is 6.08. The average molecular weight is 376 g/mol. The van der Waals surface area contributed by atoms with Crippen LogP contribution in [0, 0.1) is 20.8 Å². The average Bonchev–Trinajstić information content (AvgIpc) is 2.59. The van der Waals surface area contributed by atoms with Gasteiger partial charge in [-0.05, 0) is 55.7 Å². The topological polar surface area (TPSA) is 64.6 Å². The minimum Gasteiger partial charge on any atom is -0.493 e. The molecule has 1 N–H and O–H groups in total. The molecule has 0 atom stereocenters. The van der Waals surface area contributed by atoms with Crippen molar-refractivity contribution in [1.29, 1.82) is 0 Å². The van der Waals surface area contributed by atoms with Crippen molar-refractivity contribution >= 4 is 29.2 Å². The van der Waals surface area contributed by atoms with Crippen molar-refractivity contribution in [3.05, 3.63) is 58.1 Å². The molecule has 0 unspecified atom stereocenters. The summed E-state index contributed by atoms with van der Waals surface area (Å²) < 4.78 is 10.6. The summed E-state index contributed by atoms with van der Waals surface area (Å²) in [7, 11) is 0. The number of hydrogen-bond acceptors (Lipinski definition) is 4. The molecule has 6 heteroatoms. The van der Waals surface area contributed by atoms with Crippen LogP contribution in [0.15, 0.2) is 36.4 Å². The lowest BCUT2D eigenvalue weighted by Crippen LogP contribution is -2.21. The first-order chi connectivity index (χ1) is 12.3. The lowest BCUT2D eigenvalue weighted by atomic mass is 10.1. The summed E-state index contributed by atoms with van der Waals surface area (Å²) in [5, 5.41) is 3.19. The molecule has 0 radical (unpaired) electrons. The Kier molecular flexibility index (Phi) is 7.04. The Bertz CT molecular complexity index is 804. The number of aryl methyl sites for hydroxylation is 3. The quantitative estimate of drug-likeness (QED) is 0.736. The highest BCUT2D eigenvalue weighted by molar-refractivity contribution is 6.31. The molecule has 0 aliphatic rings. The minimum absolute atomic E-state index is 0.0665. The van der Waals surface area contributed by atoms with Crippen molar-refractivity contribution in [3.63, 3.8) is 0 Å². The number of hydrogen-bond donors (Lipinski definition) is 1. The van der Waals surface area contributed by atoms with E-state index < -0.39 is 11.9 Å². The van der Waals surface area contributed by atoms with Gasteiger partial charge in [-0.3, -0.25) is 9.59 Å². The van der Waals surface area contributed by atoms with Gasteiger partial charge in [0.2, 0.25) is 0 Å². The van der Waals surface area contributed by atoms with Crippen molar-refractivity contribution in [2.75, 3.05) is 18.5 Å². The van der Waals surface area contributed by atoms with E-state index in [4.69, 9.17) is 21.1 Å². The minimum atomic E-state index is -0.493. The number of carbonyl (C=O) groups is 2.